The third-order valence-corrected chi connectivity index (χ3v) is 3.15. The van der Waals surface area contributed by atoms with Gasteiger partial charge in [-0.2, -0.15) is 0 Å². The van der Waals surface area contributed by atoms with E-state index < -0.39 is 0 Å². The smallest absolute Gasteiger partial charge is 0.185 e. The van der Waals surface area contributed by atoms with Crippen molar-refractivity contribution in [2.75, 3.05) is 0 Å². The molecule has 1 aromatic heterocycles. The molecule has 1 aliphatic heterocycles. The number of rotatable bonds is 3. The Bertz CT molecular complexity index is 623. The predicted octanol–water partition coefficient (Wildman–Crippen LogP) is 3.50. The predicted molar refractivity (Wildman–Crippen MR) is 72.3 cm³/mol. The van der Waals surface area contributed by atoms with E-state index >= 15 is 0 Å². The second kappa shape index (κ2) is 4.76. The topological polar surface area (TPSA) is 39.4 Å². The van der Waals surface area contributed by atoms with Crippen LogP contribution < -0.4 is 4.74 Å². The van der Waals surface area contributed by atoms with Gasteiger partial charge >= 0.3 is 0 Å². The molecule has 1 aromatic carbocycles. The molecule has 96 valence electrons. The Morgan fingerprint density at radius 1 is 1.37 bits per heavy atom. The van der Waals surface area contributed by atoms with Crippen LogP contribution in [0.2, 0.25) is 0 Å². The number of furan rings is 1. The molecule has 3 rings (SSSR count). The van der Waals surface area contributed by atoms with Crippen LogP contribution in [0.1, 0.15) is 28.4 Å². The molecule has 0 aliphatic carbocycles. The largest absolute Gasteiger partial charge is 0.490 e. The summed E-state index contributed by atoms with van der Waals surface area (Å²) < 4.78 is 10.6. The first-order chi connectivity index (χ1) is 9.22. The summed E-state index contributed by atoms with van der Waals surface area (Å²) in [5, 5.41) is 0. The SMILES string of the molecule is C[C@@H]1Cc2cc(C(=O)/C=C/c3ccoc3)ccc2O1. The third kappa shape index (κ3) is 2.45. The minimum absolute atomic E-state index is 0.0106. The Balaban J connectivity index is 1.79. The number of hydrogen-bond donors (Lipinski definition) is 0. The zero-order chi connectivity index (χ0) is 13.2. The summed E-state index contributed by atoms with van der Waals surface area (Å²) in [7, 11) is 0. The van der Waals surface area contributed by atoms with Gasteiger partial charge in [0.1, 0.15) is 11.9 Å². The van der Waals surface area contributed by atoms with E-state index in [4.69, 9.17) is 9.15 Å². The Labute approximate surface area is 111 Å². The Hall–Kier alpha value is -2.29. The Morgan fingerprint density at radius 2 is 2.26 bits per heavy atom. The average molecular weight is 254 g/mol. The van der Waals surface area contributed by atoms with E-state index in [2.05, 4.69) is 0 Å². The second-order valence-electron chi connectivity index (χ2n) is 4.71. The molecule has 0 spiro atoms. The van der Waals surface area contributed by atoms with E-state index in [1.54, 1.807) is 30.7 Å². The van der Waals surface area contributed by atoms with Gasteiger partial charge in [0.05, 0.1) is 12.5 Å². The molecule has 0 saturated heterocycles. The summed E-state index contributed by atoms with van der Waals surface area (Å²) in [5.74, 6) is 0.881. The van der Waals surface area contributed by atoms with Crippen molar-refractivity contribution in [3.05, 3.63) is 59.6 Å². The molecule has 0 fully saturated rings. The van der Waals surface area contributed by atoms with E-state index in [9.17, 15) is 4.79 Å². The highest BCUT2D eigenvalue weighted by atomic mass is 16.5. The van der Waals surface area contributed by atoms with Crippen LogP contribution in [-0.4, -0.2) is 11.9 Å². The third-order valence-electron chi connectivity index (χ3n) is 3.15. The first-order valence-corrected chi connectivity index (χ1v) is 6.26. The van der Waals surface area contributed by atoms with Crippen LogP contribution in [0.4, 0.5) is 0 Å². The van der Waals surface area contributed by atoms with Crippen LogP contribution >= 0.6 is 0 Å². The quantitative estimate of drug-likeness (QED) is 0.621. The molecule has 0 radical (unpaired) electrons. The number of fused-ring (bicyclic) bond motifs is 1. The molecule has 0 saturated carbocycles. The lowest BCUT2D eigenvalue weighted by Gasteiger charge is -2.02. The van der Waals surface area contributed by atoms with Crippen LogP contribution in [0.15, 0.2) is 47.3 Å². The van der Waals surface area contributed by atoms with Crippen LogP contribution in [0, 0.1) is 0 Å². The number of carbonyl (C=O) groups excluding carboxylic acids is 1. The van der Waals surface area contributed by atoms with Gasteiger partial charge in [-0.05, 0) is 48.9 Å². The lowest BCUT2D eigenvalue weighted by atomic mass is 10.0. The fourth-order valence-electron chi connectivity index (χ4n) is 2.21. The van der Waals surface area contributed by atoms with Crippen molar-refractivity contribution in [3.8, 4) is 5.75 Å². The standard InChI is InChI=1S/C16H14O3/c1-11-8-14-9-13(3-5-16(14)19-11)15(17)4-2-12-6-7-18-10-12/h2-7,9-11H,8H2,1H3/b4-2+/t11-/m1/s1. The van der Waals surface area contributed by atoms with Crippen molar-refractivity contribution in [1.29, 1.82) is 0 Å². The lowest BCUT2D eigenvalue weighted by Crippen LogP contribution is -2.05. The summed E-state index contributed by atoms with van der Waals surface area (Å²) in [6.45, 7) is 2.03. The van der Waals surface area contributed by atoms with Crippen molar-refractivity contribution in [3.63, 3.8) is 0 Å². The van der Waals surface area contributed by atoms with E-state index in [1.165, 1.54) is 0 Å². The van der Waals surface area contributed by atoms with Gasteiger partial charge < -0.3 is 9.15 Å². The molecule has 19 heavy (non-hydrogen) atoms. The van der Waals surface area contributed by atoms with Crippen molar-refractivity contribution < 1.29 is 13.9 Å². The Morgan fingerprint density at radius 3 is 3.05 bits per heavy atom. The van der Waals surface area contributed by atoms with E-state index in [-0.39, 0.29) is 11.9 Å². The van der Waals surface area contributed by atoms with E-state index in [0.29, 0.717) is 5.56 Å². The van der Waals surface area contributed by atoms with Gasteiger partial charge in [-0.15, -0.1) is 0 Å². The van der Waals surface area contributed by atoms with Gasteiger partial charge in [-0.3, -0.25) is 4.79 Å². The summed E-state index contributed by atoms with van der Waals surface area (Å²) in [4.78, 5) is 12.1. The second-order valence-corrected chi connectivity index (χ2v) is 4.71. The molecule has 0 bridgehead atoms. The average Bonchev–Trinajstić information content (AvgIpc) is 3.02. The summed E-state index contributed by atoms with van der Waals surface area (Å²) in [6.07, 6.45) is 7.55. The summed E-state index contributed by atoms with van der Waals surface area (Å²) in [6, 6.07) is 7.40. The van der Waals surface area contributed by atoms with E-state index in [0.717, 1.165) is 23.3 Å². The highest BCUT2D eigenvalue weighted by Gasteiger charge is 2.19. The molecule has 3 nitrogen and oxygen atoms in total. The maximum Gasteiger partial charge on any atom is 0.185 e. The van der Waals surface area contributed by atoms with Gasteiger partial charge in [0.25, 0.3) is 0 Å². The maximum absolute atomic E-state index is 12.1. The first kappa shape index (κ1) is 11.8. The maximum atomic E-state index is 12.1. The molecule has 1 aliphatic rings. The molecule has 0 N–H and O–H groups in total. The molecule has 3 heteroatoms. The van der Waals surface area contributed by atoms with Crippen LogP contribution in [0.5, 0.6) is 5.75 Å². The molecule has 0 amide bonds. The van der Waals surface area contributed by atoms with Crippen molar-refractivity contribution in [1.82, 2.24) is 0 Å². The zero-order valence-corrected chi connectivity index (χ0v) is 10.6. The van der Waals surface area contributed by atoms with Crippen molar-refractivity contribution in [2.45, 2.75) is 19.4 Å². The minimum atomic E-state index is -0.0106. The fraction of sp³-hybridized carbons (Fsp3) is 0.188. The van der Waals surface area contributed by atoms with Crippen LogP contribution in [0.3, 0.4) is 0 Å². The highest BCUT2D eigenvalue weighted by molar-refractivity contribution is 6.07. The zero-order valence-electron chi connectivity index (χ0n) is 10.6. The van der Waals surface area contributed by atoms with Crippen LogP contribution in [0.25, 0.3) is 6.08 Å². The van der Waals surface area contributed by atoms with Gasteiger partial charge in [-0.1, -0.05) is 0 Å². The molecule has 0 unspecified atom stereocenters. The van der Waals surface area contributed by atoms with Gasteiger partial charge in [0.15, 0.2) is 5.78 Å². The molecular weight excluding hydrogens is 240 g/mol. The highest BCUT2D eigenvalue weighted by Crippen LogP contribution is 2.29. The number of ether oxygens (including phenoxy) is 1. The normalized spacial score (nSPS) is 17.4. The first-order valence-electron chi connectivity index (χ1n) is 6.26. The minimum Gasteiger partial charge on any atom is -0.490 e. The summed E-state index contributed by atoms with van der Waals surface area (Å²) >= 11 is 0. The van der Waals surface area contributed by atoms with Gasteiger partial charge in [-0.25, -0.2) is 0 Å². The van der Waals surface area contributed by atoms with E-state index in [1.807, 2.05) is 25.1 Å². The number of allylic oxidation sites excluding steroid dienone is 1. The fourth-order valence-corrected chi connectivity index (χ4v) is 2.21. The number of hydrogen-bond acceptors (Lipinski definition) is 3. The molecule has 1 atom stereocenters. The lowest BCUT2D eigenvalue weighted by molar-refractivity contribution is 0.104. The number of ketones is 1. The molecular formula is C16H14O3. The van der Waals surface area contributed by atoms with Crippen LogP contribution in [-0.2, 0) is 6.42 Å². The monoisotopic (exact) mass is 254 g/mol. The molecule has 2 heterocycles. The summed E-state index contributed by atoms with van der Waals surface area (Å²) in [5.41, 5.74) is 2.68. The van der Waals surface area contributed by atoms with Gasteiger partial charge in [0, 0.05) is 17.5 Å². The molecule has 2 aromatic rings. The Kier molecular flexibility index (Phi) is 2.95. The number of benzene rings is 1. The van der Waals surface area contributed by atoms with Crippen molar-refractivity contribution in [2.24, 2.45) is 0 Å². The van der Waals surface area contributed by atoms with Crippen molar-refractivity contribution >= 4 is 11.9 Å². The number of carbonyl (C=O) groups is 1. The van der Waals surface area contributed by atoms with Gasteiger partial charge in [0.2, 0.25) is 0 Å².